The lowest BCUT2D eigenvalue weighted by Gasteiger charge is -2.26. The van der Waals surface area contributed by atoms with Crippen molar-refractivity contribution in [1.29, 1.82) is 0 Å². The highest BCUT2D eigenvalue weighted by Gasteiger charge is 2.21. The second-order valence-electron chi connectivity index (χ2n) is 4.84. The van der Waals surface area contributed by atoms with Gasteiger partial charge in [-0.25, -0.2) is 0 Å². The number of benzene rings is 1. The molecular weight excluding hydrogens is 200 g/mol. The molecule has 0 aliphatic heterocycles. The third-order valence-electron chi connectivity index (χ3n) is 3.58. The first-order valence-corrected chi connectivity index (χ1v) is 6.21. The molecule has 1 aromatic carbocycles. The third kappa shape index (κ3) is 2.99. The van der Waals surface area contributed by atoms with Crippen LogP contribution in [0.4, 0.5) is 0 Å². The molecule has 0 spiro atoms. The maximum Gasteiger partial charge on any atom is 0.115 e. The minimum atomic E-state index is -0.218. The van der Waals surface area contributed by atoms with Gasteiger partial charge in [-0.3, -0.25) is 0 Å². The van der Waals surface area contributed by atoms with E-state index >= 15 is 0 Å². The smallest absolute Gasteiger partial charge is 0.115 e. The molecule has 16 heavy (non-hydrogen) atoms. The molecule has 88 valence electrons. The minimum absolute atomic E-state index is 0.218. The fourth-order valence-electron chi connectivity index (χ4n) is 2.56. The molecule has 1 fully saturated rings. The Morgan fingerprint density at radius 1 is 1.06 bits per heavy atom. The zero-order valence-corrected chi connectivity index (χ0v) is 9.60. The van der Waals surface area contributed by atoms with Crippen molar-refractivity contribution in [3.63, 3.8) is 0 Å². The van der Waals surface area contributed by atoms with Gasteiger partial charge >= 0.3 is 0 Å². The van der Waals surface area contributed by atoms with E-state index in [0.29, 0.717) is 12.3 Å². The van der Waals surface area contributed by atoms with Gasteiger partial charge in [-0.05, 0) is 42.9 Å². The number of hydrogen-bond donors (Lipinski definition) is 2. The van der Waals surface area contributed by atoms with E-state index in [0.717, 1.165) is 5.56 Å². The third-order valence-corrected chi connectivity index (χ3v) is 3.58. The standard InChI is InChI=1S/C14H20O2/c15-13-8-6-11(7-9-13)10-14(16)12-4-2-1-3-5-12/h6-9,12,14-16H,1-5,10H2. The zero-order chi connectivity index (χ0) is 11.4. The molecule has 2 N–H and O–H groups in total. The fourth-order valence-corrected chi connectivity index (χ4v) is 2.56. The topological polar surface area (TPSA) is 40.5 Å². The van der Waals surface area contributed by atoms with Crippen LogP contribution in [0.2, 0.25) is 0 Å². The van der Waals surface area contributed by atoms with Crippen molar-refractivity contribution >= 4 is 0 Å². The van der Waals surface area contributed by atoms with Gasteiger partial charge in [-0.2, -0.15) is 0 Å². The minimum Gasteiger partial charge on any atom is -0.508 e. The summed E-state index contributed by atoms with van der Waals surface area (Å²) in [6, 6.07) is 7.15. The van der Waals surface area contributed by atoms with Crippen LogP contribution >= 0.6 is 0 Å². The maximum atomic E-state index is 10.1. The second kappa shape index (κ2) is 5.35. The van der Waals surface area contributed by atoms with Gasteiger partial charge in [-0.15, -0.1) is 0 Å². The maximum absolute atomic E-state index is 10.1. The molecule has 1 aliphatic carbocycles. The Bertz CT molecular complexity index is 312. The monoisotopic (exact) mass is 220 g/mol. The molecule has 0 amide bonds. The van der Waals surface area contributed by atoms with Crippen molar-refractivity contribution in [3.05, 3.63) is 29.8 Å². The molecule has 0 radical (unpaired) electrons. The predicted molar refractivity (Wildman–Crippen MR) is 64.4 cm³/mol. The van der Waals surface area contributed by atoms with E-state index in [1.807, 2.05) is 12.1 Å². The summed E-state index contributed by atoms with van der Waals surface area (Å²) in [6.45, 7) is 0. The lowest BCUT2D eigenvalue weighted by molar-refractivity contribution is 0.0851. The number of phenols is 1. The average molecular weight is 220 g/mol. The van der Waals surface area contributed by atoms with Crippen LogP contribution in [0.15, 0.2) is 24.3 Å². The number of rotatable bonds is 3. The molecule has 2 rings (SSSR count). The second-order valence-corrected chi connectivity index (χ2v) is 4.84. The molecule has 0 heterocycles. The SMILES string of the molecule is Oc1ccc(CC(O)C2CCCCC2)cc1. The van der Waals surface area contributed by atoms with Crippen molar-refractivity contribution in [2.24, 2.45) is 5.92 Å². The molecule has 1 saturated carbocycles. The Hall–Kier alpha value is -1.02. The number of aliphatic hydroxyl groups excluding tert-OH is 1. The fraction of sp³-hybridized carbons (Fsp3) is 0.571. The van der Waals surface area contributed by atoms with Gasteiger partial charge in [0.15, 0.2) is 0 Å². The summed E-state index contributed by atoms with van der Waals surface area (Å²) < 4.78 is 0. The Kier molecular flexibility index (Phi) is 3.83. The van der Waals surface area contributed by atoms with Crippen LogP contribution in [0.1, 0.15) is 37.7 Å². The zero-order valence-electron chi connectivity index (χ0n) is 9.60. The van der Waals surface area contributed by atoms with Crippen LogP contribution in [0.5, 0.6) is 5.75 Å². The van der Waals surface area contributed by atoms with Crippen LogP contribution in [0.25, 0.3) is 0 Å². The van der Waals surface area contributed by atoms with E-state index < -0.39 is 0 Å². The molecule has 1 aliphatic rings. The van der Waals surface area contributed by atoms with E-state index in [2.05, 4.69) is 0 Å². The first-order valence-electron chi connectivity index (χ1n) is 6.21. The van der Waals surface area contributed by atoms with E-state index in [9.17, 15) is 10.2 Å². The molecule has 0 saturated heterocycles. The largest absolute Gasteiger partial charge is 0.508 e. The van der Waals surface area contributed by atoms with Crippen molar-refractivity contribution in [2.75, 3.05) is 0 Å². The van der Waals surface area contributed by atoms with Crippen LogP contribution in [-0.2, 0) is 6.42 Å². The van der Waals surface area contributed by atoms with Crippen LogP contribution in [-0.4, -0.2) is 16.3 Å². The van der Waals surface area contributed by atoms with Gasteiger partial charge in [-0.1, -0.05) is 31.4 Å². The van der Waals surface area contributed by atoms with Crippen LogP contribution in [0, 0.1) is 5.92 Å². The predicted octanol–water partition coefficient (Wildman–Crippen LogP) is 2.88. The summed E-state index contributed by atoms with van der Waals surface area (Å²) in [6.07, 6.45) is 6.67. The first-order chi connectivity index (χ1) is 7.75. The van der Waals surface area contributed by atoms with Gasteiger partial charge in [0.2, 0.25) is 0 Å². The van der Waals surface area contributed by atoms with Crippen molar-refractivity contribution in [3.8, 4) is 5.75 Å². The van der Waals surface area contributed by atoms with Crippen molar-refractivity contribution < 1.29 is 10.2 Å². The van der Waals surface area contributed by atoms with Crippen molar-refractivity contribution in [1.82, 2.24) is 0 Å². The quantitative estimate of drug-likeness (QED) is 0.822. The van der Waals surface area contributed by atoms with Gasteiger partial charge in [0.1, 0.15) is 5.75 Å². The molecule has 2 nitrogen and oxygen atoms in total. The van der Waals surface area contributed by atoms with E-state index in [-0.39, 0.29) is 11.9 Å². The highest BCUT2D eigenvalue weighted by Crippen LogP contribution is 2.28. The van der Waals surface area contributed by atoms with Gasteiger partial charge in [0.05, 0.1) is 6.10 Å². The van der Waals surface area contributed by atoms with Crippen LogP contribution < -0.4 is 0 Å². The Morgan fingerprint density at radius 3 is 2.31 bits per heavy atom. The average Bonchev–Trinajstić information content (AvgIpc) is 2.33. The lowest BCUT2D eigenvalue weighted by atomic mass is 9.83. The summed E-state index contributed by atoms with van der Waals surface area (Å²) in [5.74, 6) is 0.762. The van der Waals surface area contributed by atoms with Gasteiger partial charge in [0, 0.05) is 0 Å². The number of phenolic OH excluding ortho intramolecular Hbond substituents is 1. The molecular formula is C14H20O2. The van der Waals surface area contributed by atoms with E-state index in [1.54, 1.807) is 12.1 Å². The Labute approximate surface area is 96.9 Å². The van der Waals surface area contributed by atoms with Crippen molar-refractivity contribution in [2.45, 2.75) is 44.6 Å². The lowest BCUT2D eigenvalue weighted by Crippen LogP contribution is -2.24. The molecule has 0 aromatic heterocycles. The van der Waals surface area contributed by atoms with Crippen LogP contribution in [0.3, 0.4) is 0 Å². The molecule has 1 atom stereocenters. The Morgan fingerprint density at radius 2 is 1.69 bits per heavy atom. The van der Waals surface area contributed by atoms with Gasteiger partial charge in [0.25, 0.3) is 0 Å². The summed E-state index contributed by atoms with van der Waals surface area (Å²) in [5.41, 5.74) is 1.11. The number of aromatic hydroxyl groups is 1. The number of aliphatic hydroxyl groups is 1. The highest BCUT2D eigenvalue weighted by molar-refractivity contribution is 5.26. The summed E-state index contributed by atoms with van der Waals surface area (Å²) in [7, 11) is 0. The van der Waals surface area contributed by atoms with E-state index in [4.69, 9.17) is 0 Å². The van der Waals surface area contributed by atoms with E-state index in [1.165, 1.54) is 32.1 Å². The first kappa shape index (κ1) is 11.5. The van der Waals surface area contributed by atoms with Gasteiger partial charge < -0.3 is 10.2 Å². The summed E-state index contributed by atoms with van der Waals surface area (Å²) in [5, 5.41) is 19.3. The normalized spacial score (nSPS) is 19.6. The summed E-state index contributed by atoms with van der Waals surface area (Å²) >= 11 is 0. The molecule has 1 aromatic rings. The summed E-state index contributed by atoms with van der Waals surface area (Å²) in [4.78, 5) is 0. The highest BCUT2D eigenvalue weighted by atomic mass is 16.3. The number of hydrogen-bond acceptors (Lipinski definition) is 2. The molecule has 2 heteroatoms. The molecule has 0 bridgehead atoms. The Balaban J connectivity index is 1.90. The molecule has 1 unspecified atom stereocenters.